The minimum absolute atomic E-state index is 0.000364. The molecule has 5 rings (SSSR count). The number of nitrogens with one attached hydrogen (secondary N) is 2. The van der Waals surface area contributed by atoms with Gasteiger partial charge in [0, 0.05) is 12.1 Å². The number of sulfonamides is 1. The number of fused-ring (bicyclic) bond motifs is 1. The normalized spacial score (nSPS) is 14.9. The predicted molar refractivity (Wildman–Crippen MR) is 134 cm³/mol. The van der Waals surface area contributed by atoms with Crippen LogP contribution >= 0.6 is 0 Å². The topological polar surface area (TPSA) is 123 Å². The molecule has 13 heteroatoms. The fourth-order valence-corrected chi connectivity index (χ4v) is 4.88. The standard InChI is InChI=1S/C25H22F4N6O2S/c1-14-12-15(2-9-20(14)38(30,36)37)13-31-23-33-19-8-7-18(16-3-5-17(26)6-4-16)32-21(19)22(34-23)35-24(10-11-24)25(27,28)29/h2-9,12H,10-11,13H2,1H3,(H2,30,36,37)(H2,31,33,34,35). The van der Waals surface area contributed by atoms with E-state index in [-0.39, 0.29) is 41.6 Å². The molecule has 1 aliphatic rings. The maximum absolute atomic E-state index is 13.8. The molecule has 2 aromatic heterocycles. The number of pyridine rings is 1. The Morgan fingerprint density at radius 2 is 1.71 bits per heavy atom. The van der Waals surface area contributed by atoms with Crippen LogP contribution in [0.2, 0.25) is 0 Å². The zero-order valence-electron chi connectivity index (χ0n) is 20.0. The van der Waals surface area contributed by atoms with Gasteiger partial charge >= 0.3 is 6.18 Å². The van der Waals surface area contributed by atoms with Crippen LogP contribution in [0, 0.1) is 12.7 Å². The van der Waals surface area contributed by atoms with Crippen LogP contribution in [0.1, 0.15) is 24.0 Å². The Balaban J connectivity index is 1.50. The SMILES string of the molecule is Cc1cc(CNc2nc(NC3(C(F)(F)F)CC3)c3nc(-c4ccc(F)cc4)ccc3n2)ccc1S(N)(=O)=O. The van der Waals surface area contributed by atoms with Crippen molar-refractivity contribution < 1.29 is 26.0 Å². The van der Waals surface area contributed by atoms with E-state index in [1.54, 1.807) is 31.2 Å². The first kappa shape index (κ1) is 25.8. The molecule has 38 heavy (non-hydrogen) atoms. The van der Waals surface area contributed by atoms with Crippen molar-refractivity contribution in [1.29, 1.82) is 0 Å². The zero-order chi connectivity index (χ0) is 27.3. The molecule has 2 aromatic carbocycles. The highest BCUT2D eigenvalue weighted by atomic mass is 32.2. The third-order valence-electron chi connectivity index (χ3n) is 6.33. The molecule has 0 atom stereocenters. The summed E-state index contributed by atoms with van der Waals surface area (Å²) in [5.41, 5.74) is 0.484. The summed E-state index contributed by atoms with van der Waals surface area (Å²) in [5.74, 6) is -0.453. The van der Waals surface area contributed by atoms with E-state index in [2.05, 4.69) is 25.6 Å². The van der Waals surface area contributed by atoms with Crippen LogP contribution in [0.3, 0.4) is 0 Å². The first-order valence-electron chi connectivity index (χ1n) is 11.5. The Labute approximate surface area is 215 Å². The number of aryl methyl sites for hydroxylation is 1. The molecule has 0 radical (unpaired) electrons. The van der Waals surface area contributed by atoms with E-state index in [1.165, 1.54) is 30.3 Å². The van der Waals surface area contributed by atoms with Crippen LogP contribution in [-0.2, 0) is 16.6 Å². The van der Waals surface area contributed by atoms with Crippen LogP contribution in [0.25, 0.3) is 22.3 Å². The van der Waals surface area contributed by atoms with Crippen molar-refractivity contribution in [2.45, 2.75) is 42.9 Å². The second-order valence-electron chi connectivity index (χ2n) is 9.17. The van der Waals surface area contributed by atoms with Crippen LogP contribution in [-0.4, -0.2) is 35.1 Å². The molecule has 0 bridgehead atoms. The Morgan fingerprint density at radius 3 is 2.32 bits per heavy atom. The van der Waals surface area contributed by atoms with Gasteiger partial charge in [-0.2, -0.15) is 18.2 Å². The van der Waals surface area contributed by atoms with E-state index >= 15 is 0 Å². The fraction of sp³-hybridized carbons (Fsp3) is 0.240. The molecule has 4 aromatic rings. The van der Waals surface area contributed by atoms with Gasteiger partial charge in [0.05, 0.1) is 16.1 Å². The van der Waals surface area contributed by atoms with E-state index < -0.39 is 27.6 Å². The Bertz CT molecular complexity index is 1640. The predicted octanol–water partition coefficient (Wildman–Crippen LogP) is 4.91. The highest BCUT2D eigenvalue weighted by Gasteiger charge is 2.64. The average Bonchev–Trinajstić information content (AvgIpc) is 3.63. The molecular weight excluding hydrogens is 524 g/mol. The van der Waals surface area contributed by atoms with Gasteiger partial charge in [-0.1, -0.05) is 12.1 Å². The molecule has 1 aliphatic carbocycles. The average molecular weight is 547 g/mol. The molecule has 0 spiro atoms. The summed E-state index contributed by atoms with van der Waals surface area (Å²) >= 11 is 0. The van der Waals surface area contributed by atoms with Crippen molar-refractivity contribution in [3.05, 3.63) is 71.5 Å². The maximum Gasteiger partial charge on any atom is 0.411 e. The van der Waals surface area contributed by atoms with Crippen molar-refractivity contribution in [3.63, 3.8) is 0 Å². The first-order valence-corrected chi connectivity index (χ1v) is 13.1. The van der Waals surface area contributed by atoms with E-state index in [0.717, 1.165) is 0 Å². The van der Waals surface area contributed by atoms with Crippen molar-refractivity contribution in [1.82, 2.24) is 15.0 Å². The van der Waals surface area contributed by atoms with Gasteiger partial charge in [0.25, 0.3) is 0 Å². The van der Waals surface area contributed by atoms with Crippen LogP contribution in [0.5, 0.6) is 0 Å². The van der Waals surface area contributed by atoms with Gasteiger partial charge in [-0.15, -0.1) is 0 Å². The first-order chi connectivity index (χ1) is 17.8. The fourth-order valence-electron chi connectivity index (χ4n) is 4.11. The third kappa shape index (κ3) is 5.11. The van der Waals surface area contributed by atoms with Crippen LogP contribution in [0.15, 0.2) is 59.5 Å². The largest absolute Gasteiger partial charge is 0.411 e. The molecule has 8 nitrogen and oxygen atoms in total. The summed E-state index contributed by atoms with van der Waals surface area (Å²) in [6.07, 6.45) is -4.69. The number of halogens is 4. The van der Waals surface area contributed by atoms with Crippen LogP contribution in [0.4, 0.5) is 29.3 Å². The Hall–Kier alpha value is -3.84. The Morgan fingerprint density at radius 1 is 1.00 bits per heavy atom. The number of rotatable bonds is 7. The molecular formula is C25H22F4N6O2S. The number of nitrogens with zero attached hydrogens (tertiary/aromatic N) is 3. The number of alkyl halides is 3. The second kappa shape index (κ2) is 9.17. The van der Waals surface area contributed by atoms with Gasteiger partial charge in [0.2, 0.25) is 16.0 Å². The molecule has 198 valence electrons. The highest BCUT2D eigenvalue weighted by Crippen LogP contribution is 2.51. The molecule has 0 amide bonds. The number of benzene rings is 2. The molecule has 1 saturated carbocycles. The Kier molecular flexibility index (Phi) is 6.22. The van der Waals surface area contributed by atoms with E-state index in [9.17, 15) is 26.0 Å². The molecule has 0 unspecified atom stereocenters. The second-order valence-corrected chi connectivity index (χ2v) is 10.7. The summed E-state index contributed by atoms with van der Waals surface area (Å²) in [6.45, 7) is 1.77. The summed E-state index contributed by atoms with van der Waals surface area (Å²) in [4.78, 5) is 13.2. The molecule has 4 N–H and O–H groups in total. The van der Waals surface area contributed by atoms with Gasteiger partial charge in [-0.25, -0.2) is 27.9 Å². The molecule has 2 heterocycles. The van der Waals surface area contributed by atoms with Gasteiger partial charge < -0.3 is 10.6 Å². The van der Waals surface area contributed by atoms with Crippen LogP contribution < -0.4 is 15.8 Å². The number of primary sulfonamides is 1. The van der Waals surface area contributed by atoms with Gasteiger partial charge in [-0.3, -0.25) is 0 Å². The lowest BCUT2D eigenvalue weighted by atomic mass is 10.1. The highest BCUT2D eigenvalue weighted by molar-refractivity contribution is 7.89. The quantitative estimate of drug-likeness (QED) is 0.282. The number of aromatic nitrogens is 3. The summed E-state index contributed by atoms with van der Waals surface area (Å²) in [5, 5.41) is 10.7. The van der Waals surface area contributed by atoms with E-state index in [0.29, 0.717) is 27.9 Å². The van der Waals surface area contributed by atoms with Crippen molar-refractivity contribution in [3.8, 4) is 11.3 Å². The molecule has 1 fully saturated rings. The molecule has 0 aliphatic heterocycles. The number of nitrogens with two attached hydrogens (primary N) is 1. The number of anilines is 2. The molecule has 0 saturated heterocycles. The van der Waals surface area contributed by atoms with Gasteiger partial charge in [-0.05, 0) is 73.4 Å². The smallest absolute Gasteiger partial charge is 0.354 e. The lowest BCUT2D eigenvalue weighted by molar-refractivity contribution is -0.151. The zero-order valence-corrected chi connectivity index (χ0v) is 20.8. The van der Waals surface area contributed by atoms with Gasteiger partial charge in [0.15, 0.2) is 5.82 Å². The summed E-state index contributed by atoms with van der Waals surface area (Å²) < 4.78 is 78.0. The number of hydrogen-bond acceptors (Lipinski definition) is 7. The van der Waals surface area contributed by atoms with E-state index in [4.69, 9.17) is 5.14 Å². The minimum Gasteiger partial charge on any atom is -0.354 e. The van der Waals surface area contributed by atoms with Crippen molar-refractivity contribution >= 4 is 32.8 Å². The lowest BCUT2D eigenvalue weighted by Crippen LogP contribution is -2.39. The summed E-state index contributed by atoms with van der Waals surface area (Å²) in [7, 11) is -3.87. The minimum atomic E-state index is -4.49. The van der Waals surface area contributed by atoms with Crippen molar-refractivity contribution in [2.75, 3.05) is 10.6 Å². The maximum atomic E-state index is 13.8. The summed E-state index contributed by atoms with van der Waals surface area (Å²) in [6, 6.07) is 13.4. The number of hydrogen-bond donors (Lipinski definition) is 3. The third-order valence-corrected chi connectivity index (χ3v) is 7.40. The lowest BCUT2D eigenvalue weighted by Gasteiger charge is -2.22. The van der Waals surface area contributed by atoms with Crippen molar-refractivity contribution in [2.24, 2.45) is 5.14 Å². The van der Waals surface area contributed by atoms with E-state index in [1.807, 2.05) is 0 Å². The monoisotopic (exact) mass is 546 g/mol. The van der Waals surface area contributed by atoms with Gasteiger partial charge in [0.1, 0.15) is 16.9 Å².